The van der Waals surface area contributed by atoms with E-state index in [9.17, 15) is 4.79 Å². The minimum absolute atomic E-state index is 0.143. The monoisotopic (exact) mass is 404 g/mol. The molecule has 0 fully saturated rings. The Labute approximate surface area is 165 Å². The van der Waals surface area contributed by atoms with E-state index in [-0.39, 0.29) is 11.2 Å². The summed E-state index contributed by atoms with van der Waals surface area (Å²) < 4.78 is 7.09. The number of benzene rings is 1. The number of methoxy groups -OCH3 is 1. The summed E-state index contributed by atoms with van der Waals surface area (Å²) in [5, 5.41) is 20.7. The maximum absolute atomic E-state index is 12.3. The number of nitrogens with one attached hydrogen (secondary N) is 1. The first-order valence-corrected chi connectivity index (χ1v) is 9.94. The lowest BCUT2D eigenvalue weighted by molar-refractivity contribution is -0.115. The van der Waals surface area contributed by atoms with Crippen molar-refractivity contribution in [2.75, 3.05) is 12.4 Å². The van der Waals surface area contributed by atoms with Crippen LogP contribution in [-0.4, -0.2) is 43.2 Å². The fraction of sp³-hybridized carbons (Fsp3) is 0.353. The molecule has 27 heavy (non-hydrogen) atoms. The molecule has 0 radical (unpaired) electrons. The molecule has 8 nitrogen and oxygen atoms in total. The largest absolute Gasteiger partial charge is 0.497 e. The van der Waals surface area contributed by atoms with Gasteiger partial charge in [-0.15, -0.1) is 20.4 Å². The first-order chi connectivity index (χ1) is 13.0. The molecule has 1 N–H and O–H groups in total. The van der Waals surface area contributed by atoms with Crippen LogP contribution in [0.1, 0.15) is 23.3 Å². The third kappa shape index (κ3) is 4.83. The standard InChI is InChI=1S/C17H20N6O2S2/c1-10(15(24)18-16-21-19-11(2)27-16)26-17-22-20-14(23(17)3)9-12-5-7-13(25-4)8-6-12/h5-8,10H,9H2,1-4H3,(H,18,21,24)/t10-/m0/s1. The van der Waals surface area contributed by atoms with Gasteiger partial charge in [0, 0.05) is 13.5 Å². The average molecular weight is 405 g/mol. The highest BCUT2D eigenvalue weighted by Crippen LogP contribution is 2.24. The van der Waals surface area contributed by atoms with Crippen LogP contribution in [0.2, 0.25) is 0 Å². The van der Waals surface area contributed by atoms with Crippen LogP contribution in [0.25, 0.3) is 0 Å². The number of hydrogen-bond acceptors (Lipinski definition) is 8. The van der Waals surface area contributed by atoms with Crippen molar-refractivity contribution in [3.63, 3.8) is 0 Å². The molecular formula is C17H20N6O2S2. The molecule has 10 heteroatoms. The van der Waals surface area contributed by atoms with Crippen molar-refractivity contribution < 1.29 is 9.53 Å². The molecule has 0 aliphatic rings. The van der Waals surface area contributed by atoms with Crippen molar-refractivity contribution in [2.45, 2.75) is 30.7 Å². The van der Waals surface area contributed by atoms with E-state index in [1.165, 1.54) is 23.1 Å². The van der Waals surface area contributed by atoms with Crippen LogP contribution < -0.4 is 10.1 Å². The molecule has 1 atom stereocenters. The van der Waals surface area contributed by atoms with Crippen molar-refractivity contribution in [1.29, 1.82) is 0 Å². The summed E-state index contributed by atoms with van der Waals surface area (Å²) >= 11 is 2.70. The van der Waals surface area contributed by atoms with Gasteiger partial charge in [0.1, 0.15) is 16.6 Å². The zero-order valence-corrected chi connectivity index (χ0v) is 17.1. The topological polar surface area (TPSA) is 94.8 Å². The quantitative estimate of drug-likeness (QED) is 0.605. The van der Waals surface area contributed by atoms with Gasteiger partial charge in [-0.1, -0.05) is 35.2 Å². The zero-order valence-electron chi connectivity index (χ0n) is 15.5. The molecule has 142 valence electrons. The Kier molecular flexibility index (Phi) is 6.07. The molecule has 3 rings (SSSR count). The maximum atomic E-state index is 12.3. The molecule has 2 heterocycles. The van der Waals surface area contributed by atoms with Gasteiger partial charge >= 0.3 is 0 Å². The van der Waals surface area contributed by atoms with Crippen molar-refractivity contribution in [1.82, 2.24) is 25.0 Å². The van der Waals surface area contributed by atoms with E-state index in [2.05, 4.69) is 25.7 Å². The van der Waals surface area contributed by atoms with Crippen LogP contribution in [0.3, 0.4) is 0 Å². The molecule has 0 saturated heterocycles. The summed E-state index contributed by atoms with van der Waals surface area (Å²) in [5.41, 5.74) is 1.11. The predicted molar refractivity (Wildman–Crippen MR) is 105 cm³/mol. The van der Waals surface area contributed by atoms with E-state index in [1.807, 2.05) is 49.7 Å². The number of rotatable bonds is 7. The predicted octanol–water partition coefficient (Wildman–Crippen LogP) is 2.69. The summed E-state index contributed by atoms with van der Waals surface area (Å²) in [6.07, 6.45) is 0.651. The average Bonchev–Trinajstić information content (AvgIpc) is 3.22. The molecule has 0 spiro atoms. The van der Waals surface area contributed by atoms with Gasteiger partial charge < -0.3 is 9.30 Å². The number of hydrogen-bond donors (Lipinski definition) is 1. The SMILES string of the molecule is COc1ccc(Cc2nnc(S[C@@H](C)C(=O)Nc3nnc(C)s3)n2C)cc1. The third-order valence-electron chi connectivity index (χ3n) is 3.85. The van der Waals surface area contributed by atoms with Gasteiger partial charge in [-0.3, -0.25) is 10.1 Å². The highest BCUT2D eigenvalue weighted by atomic mass is 32.2. The number of anilines is 1. The number of aromatic nitrogens is 5. The highest BCUT2D eigenvalue weighted by molar-refractivity contribution is 8.00. The van der Waals surface area contributed by atoms with Gasteiger partial charge in [-0.05, 0) is 31.5 Å². The van der Waals surface area contributed by atoms with Gasteiger partial charge in [0.15, 0.2) is 5.16 Å². The second-order valence-electron chi connectivity index (χ2n) is 5.86. The van der Waals surface area contributed by atoms with E-state index >= 15 is 0 Å². The summed E-state index contributed by atoms with van der Waals surface area (Å²) in [6, 6.07) is 7.84. The fourth-order valence-corrected chi connectivity index (χ4v) is 3.72. The first kappa shape index (κ1) is 19.3. The van der Waals surface area contributed by atoms with Gasteiger partial charge in [0.05, 0.1) is 12.4 Å². The Morgan fingerprint density at radius 2 is 2.00 bits per heavy atom. The van der Waals surface area contributed by atoms with Crippen LogP contribution in [0.15, 0.2) is 29.4 Å². The van der Waals surface area contributed by atoms with Crippen molar-refractivity contribution in [3.8, 4) is 5.75 Å². The third-order valence-corrected chi connectivity index (χ3v) is 5.74. The number of nitrogens with zero attached hydrogens (tertiary/aromatic N) is 5. The number of carbonyl (C=O) groups excluding carboxylic acids is 1. The minimum Gasteiger partial charge on any atom is -0.497 e. The van der Waals surface area contributed by atoms with E-state index in [0.717, 1.165) is 22.1 Å². The summed E-state index contributed by atoms with van der Waals surface area (Å²) in [6.45, 7) is 3.67. The van der Waals surface area contributed by atoms with Crippen LogP contribution in [0.5, 0.6) is 5.75 Å². The van der Waals surface area contributed by atoms with Crippen molar-refractivity contribution in [3.05, 3.63) is 40.7 Å². The van der Waals surface area contributed by atoms with Crippen molar-refractivity contribution >= 4 is 34.1 Å². The molecule has 0 unspecified atom stereocenters. The van der Waals surface area contributed by atoms with E-state index < -0.39 is 0 Å². The molecule has 1 amide bonds. The fourth-order valence-electron chi connectivity index (χ4n) is 2.29. The number of amides is 1. The van der Waals surface area contributed by atoms with E-state index in [4.69, 9.17) is 4.74 Å². The smallest absolute Gasteiger partial charge is 0.239 e. The Morgan fingerprint density at radius 1 is 1.26 bits per heavy atom. The number of ether oxygens (including phenoxy) is 1. The van der Waals surface area contributed by atoms with Crippen LogP contribution in [-0.2, 0) is 18.3 Å². The lowest BCUT2D eigenvalue weighted by Crippen LogP contribution is -2.22. The lowest BCUT2D eigenvalue weighted by Gasteiger charge is -2.10. The summed E-state index contributed by atoms with van der Waals surface area (Å²) in [7, 11) is 3.55. The number of aryl methyl sites for hydroxylation is 1. The Balaban J connectivity index is 1.62. The van der Waals surface area contributed by atoms with Gasteiger partial charge in [-0.2, -0.15) is 0 Å². The second-order valence-corrected chi connectivity index (χ2v) is 8.35. The first-order valence-electron chi connectivity index (χ1n) is 8.25. The van der Waals surface area contributed by atoms with Crippen molar-refractivity contribution in [2.24, 2.45) is 7.05 Å². The molecule has 0 saturated carbocycles. The summed E-state index contributed by atoms with van der Waals surface area (Å²) in [4.78, 5) is 12.3. The van der Waals surface area contributed by atoms with E-state index in [1.54, 1.807) is 7.11 Å². The van der Waals surface area contributed by atoms with Crippen LogP contribution in [0.4, 0.5) is 5.13 Å². The number of thioether (sulfide) groups is 1. The van der Waals surface area contributed by atoms with Gasteiger partial charge in [0.25, 0.3) is 0 Å². The highest BCUT2D eigenvalue weighted by Gasteiger charge is 2.20. The van der Waals surface area contributed by atoms with Crippen LogP contribution >= 0.6 is 23.1 Å². The van der Waals surface area contributed by atoms with Crippen LogP contribution in [0, 0.1) is 6.92 Å². The zero-order chi connectivity index (χ0) is 19.4. The summed E-state index contributed by atoms with van der Waals surface area (Å²) in [5.74, 6) is 1.50. The minimum atomic E-state index is -0.342. The molecule has 1 aromatic carbocycles. The van der Waals surface area contributed by atoms with E-state index in [0.29, 0.717) is 16.7 Å². The normalized spacial score (nSPS) is 12.0. The van der Waals surface area contributed by atoms with Gasteiger partial charge in [-0.25, -0.2) is 0 Å². The Hall–Kier alpha value is -2.46. The molecule has 2 aromatic heterocycles. The molecule has 0 aliphatic carbocycles. The Morgan fingerprint density at radius 3 is 2.63 bits per heavy atom. The number of carbonyl (C=O) groups is 1. The lowest BCUT2D eigenvalue weighted by atomic mass is 10.1. The molecule has 0 bridgehead atoms. The second kappa shape index (κ2) is 8.49. The molecule has 3 aromatic rings. The Bertz CT molecular complexity index is 922. The van der Waals surface area contributed by atoms with Gasteiger partial charge in [0.2, 0.25) is 11.0 Å². The maximum Gasteiger partial charge on any atom is 0.239 e. The molecule has 0 aliphatic heterocycles. The molecular weight excluding hydrogens is 384 g/mol.